The number of thioether (sulfide) groups is 1. The van der Waals surface area contributed by atoms with E-state index < -0.39 is 0 Å². The Morgan fingerprint density at radius 2 is 2.17 bits per heavy atom. The van der Waals surface area contributed by atoms with Gasteiger partial charge in [0.25, 0.3) is 0 Å². The van der Waals surface area contributed by atoms with E-state index >= 15 is 0 Å². The van der Waals surface area contributed by atoms with Gasteiger partial charge in [0.1, 0.15) is 11.3 Å². The molecule has 1 aliphatic heterocycles. The maximum absolute atomic E-state index is 13.6. The minimum Gasteiger partial charge on any atom is -0.303 e. The van der Waals surface area contributed by atoms with Gasteiger partial charge in [-0.3, -0.25) is 4.57 Å². The molecule has 18 heavy (non-hydrogen) atoms. The average molecular weight is 266 g/mol. The molecule has 0 radical (unpaired) electrons. The number of imidazole rings is 1. The van der Waals surface area contributed by atoms with Crippen molar-refractivity contribution in [1.29, 1.82) is 0 Å². The number of para-hydroxylation sites is 1. The summed E-state index contributed by atoms with van der Waals surface area (Å²) in [7, 11) is 0. The van der Waals surface area contributed by atoms with Crippen LogP contribution < -0.4 is 5.69 Å². The van der Waals surface area contributed by atoms with Crippen LogP contribution in [0, 0.1) is 11.7 Å². The highest BCUT2D eigenvalue weighted by Crippen LogP contribution is 2.25. The number of hydrogen-bond donors (Lipinski definition) is 1. The molecule has 0 aliphatic carbocycles. The first kappa shape index (κ1) is 11.8. The first-order valence-corrected chi connectivity index (χ1v) is 7.36. The molecule has 0 saturated carbocycles. The van der Waals surface area contributed by atoms with Crippen LogP contribution in [-0.2, 0) is 6.54 Å². The Morgan fingerprint density at radius 1 is 1.39 bits per heavy atom. The van der Waals surface area contributed by atoms with Crippen LogP contribution in [0.1, 0.15) is 12.8 Å². The summed E-state index contributed by atoms with van der Waals surface area (Å²) >= 11 is 1.97. The van der Waals surface area contributed by atoms with E-state index in [1.54, 1.807) is 16.7 Å². The van der Waals surface area contributed by atoms with E-state index in [9.17, 15) is 9.18 Å². The zero-order valence-electron chi connectivity index (χ0n) is 9.99. The fourth-order valence-corrected chi connectivity index (χ4v) is 3.72. The van der Waals surface area contributed by atoms with Crippen molar-refractivity contribution >= 4 is 22.8 Å². The molecule has 1 N–H and O–H groups in total. The molecule has 5 heteroatoms. The predicted molar refractivity (Wildman–Crippen MR) is 72.6 cm³/mol. The molecule has 0 amide bonds. The molecule has 2 heterocycles. The highest BCUT2D eigenvalue weighted by Gasteiger charge is 2.17. The van der Waals surface area contributed by atoms with Crippen LogP contribution >= 0.6 is 11.8 Å². The first-order chi connectivity index (χ1) is 8.75. The summed E-state index contributed by atoms with van der Waals surface area (Å²) in [5.41, 5.74) is 0.805. The van der Waals surface area contributed by atoms with Gasteiger partial charge >= 0.3 is 5.69 Å². The number of aromatic amines is 1. The lowest BCUT2D eigenvalue weighted by Gasteiger charge is -2.21. The van der Waals surface area contributed by atoms with E-state index in [0.29, 0.717) is 23.5 Å². The van der Waals surface area contributed by atoms with Gasteiger partial charge in [0.2, 0.25) is 0 Å². The Balaban J connectivity index is 1.98. The third kappa shape index (κ3) is 2.07. The number of nitrogens with one attached hydrogen (secondary N) is 1. The molecule has 0 atom stereocenters. The fourth-order valence-electron chi connectivity index (χ4n) is 2.51. The lowest BCUT2D eigenvalue weighted by molar-refractivity contribution is 0.417. The molecular formula is C13H15FN2OS. The van der Waals surface area contributed by atoms with Gasteiger partial charge in [0.05, 0.1) is 5.52 Å². The fraction of sp³-hybridized carbons (Fsp3) is 0.462. The molecular weight excluding hydrogens is 251 g/mol. The summed E-state index contributed by atoms with van der Waals surface area (Å²) in [5.74, 6) is 2.50. The topological polar surface area (TPSA) is 37.8 Å². The van der Waals surface area contributed by atoms with Gasteiger partial charge in [-0.1, -0.05) is 6.07 Å². The molecule has 2 aromatic rings. The quantitative estimate of drug-likeness (QED) is 0.907. The Bertz CT molecular complexity index is 613. The van der Waals surface area contributed by atoms with E-state index in [1.807, 2.05) is 11.8 Å². The van der Waals surface area contributed by atoms with Crippen LogP contribution in [0.2, 0.25) is 0 Å². The standard InChI is InChI=1S/C13H15FN2OS/c14-10-2-1-3-11-12(10)15-13(17)16(11)8-9-4-6-18-7-5-9/h1-3,9H,4-8H2,(H,15,17). The number of aromatic nitrogens is 2. The zero-order chi connectivity index (χ0) is 12.5. The number of fused-ring (bicyclic) bond motifs is 1. The SMILES string of the molecule is O=c1[nH]c2c(F)cccc2n1CC1CCSCC1. The summed E-state index contributed by atoms with van der Waals surface area (Å²) in [5, 5.41) is 0. The number of nitrogens with zero attached hydrogens (tertiary/aromatic N) is 1. The molecule has 1 aromatic heterocycles. The normalized spacial score (nSPS) is 17.4. The van der Waals surface area contributed by atoms with Gasteiger partial charge in [-0.25, -0.2) is 9.18 Å². The predicted octanol–water partition coefficient (Wildman–Crippen LogP) is 2.61. The van der Waals surface area contributed by atoms with Crippen LogP contribution in [0.4, 0.5) is 4.39 Å². The van der Waals surface area contributed by atoms with Crippen LogP contribution in [0.15, 0.2) is 23.0 Å². The van der Waals surface area contributed by atoms with Gasteiger partial charge in [-0.15, -0.1) is 0 Å². The monoisotopic (exact) mass is 266 g/mol. The van der Waals surface area contributed by atoms with Gasteiger partial charge in [-0.05, 0) is 42.4 Å². The second-order valence-electron chi connectivity index (χ2n) is 4.73. The van der Waals surface area contributed by atoms with E-state index in [4.69, 9.17) is 0 Å². The van der Waals surface area contributed by atoms with Crippen LogP contribution in [-0.4, -0.2) is 21.1 Å². The number of halogens is 1. The van der Waals surface area contributed by atoms with Crippen molar-refractivity contribution < 1.29 is 4.39 Å². The van der Waals surface area contributed by atoms with Crippen molar-refractivity contribution in [2.45, 2.75) is 19.4 Å². The minimum absolute atomic E-state index is 0.201. The van der Waals surface area contributed by atoms with Crippen molar-refractivity contribution in [2.24, 2.45) is 5.92 Å². The van der Waals surface area contributed by atoms with Crippen molar-refractivity contribution in [3.8, 4) is 0 Å². The molecule has 96 valence electrons. The van der Waals surface area contributed by atoms with Gasteiger partial charge in [-0.2, -0.15) is 11.8 Å². The summed E-state index contributed by atoms with van der Waals surface area (Å²) in [6.45, 7) is 0.697. The molecule has 1 saturated heterocycles. The van der Waals surface area contributed by atoms with E-state index in [2.05, 4.69) is 4.98 Å². The van der Waals surface area contributed by atoms with Gasteiger partial charge in [0.15, 0.2) is 0 Å². The Hall–Kier alpha value is -1.23. The molecule has 3 nitrogen and oxygen atoms in total. The minimum atomic E-state index is -0.359. The summed E-state index contributed by atoms with van der Waals surface area (Å²) in [4.78, 5) is 14.5. The highest BCUT2D eigenvalue weighted by molar-refractivity contribution is 7.99. The maximum Gasteiger partial charge on any atom is 0.326 e. The zero-order valence-corrected chi connectivity index (χ0v) is 10.8. The van der Waals surface area contributed by atoms with Crippen molar-refractivity contribution in [3.63, 3.8) is 0 Å². The van der Waals surface area contributed by atoms with Crippen LogP contribution in [0.5, 0.6) is 0 Å². The molecule has 3 rings (SSSR count). The molecule has 1 aromatic carbocycles. The van der Waals surface area contributed by atoms with E-state index in [1.165, 1.54) is 6.07 Å². The second-order valence-corrected chi connectivity index (χ2v) is 5.96. The highest BCUT2D eigenvalue weighted by atomic mass is 32.2. The maximum atomic E-state index is 13.6. The van der Waals surface area contributed by atoms with Gasteiger partial charge < -0.3 is 4.98 Å². The number of benzene rings is 1. The Morgan fingerprint density at radius 3 is 2.94 bits per heavy atom. The van der Waals surface area contributed by atoms with Crippen LogP contribution in [0.3, 0.4) is 0 Å². The smallest absolute Gasteiger partial charge is 0.303 e. The number of H-pyrrole nitrogens is 1. The Kier molecular flexibility index (Phi) is 3.16. The summed E-state index contributed by atoms with van der Waals surface area (Å²) < 4.78 is 15.3. The largest absolute Gasteiger partial charge is 0.326 e. The Labute approximate surface area is 108 Å². The van der Waals surface area contributed by atoms with Crippen LogP contribution in [0.25, 0.3) is 11.0 Å². The number of hydrogen-bond acceptors (Lipinski definition) is 2. The average Bonchev–Trinajstić information content (AvgIpc) is 2.70. The number of rotatable bonds is 2. The van der Waals surface area contributed by atoms with E-state index in [-0.39, 0.29) is 11.5 Å². The lowest BCUT2D eigenvalue weighted by atomic mass is 10.0. The van der Waals surface area contributed by atoms with Gasteiger partial charge in [0, 0.05) is 6.54 Å². The molecule has 1 fully saturated rings. The molecule has 0 bridgehead atoms. The van der Waals surface area contributed by atoms with Crippen molar-refractivity contribution in [1.82, 2.24) is 9.55 Å². The second kappa shape index (κ2) is 4.80. The van der Waals surface area contributed by atoms with Crippen molar-refractivity contribution in [2.75, 3.05) is 11.5 Å². The van der Waals surface area contributed by atoms with E-state index in [0.717, 1.165) is 24.3 Å². The first-order valence-electron chi connectivity index (χ1n) is 6.20. The summed E-state index contributed by atoms with van der Waals surface area (Å²) in [6.07, 6.45) is 2.28. The third-order valence-corrected chi connectivity index (χ3v) is 4.59. The molecule has 0 spiro atoms. The summed E-state index contributed by atoms with van der Waals surface area (Å²) in [6, 6.07) is 4.83. The molecule has 0 unspecified atom stereocenters. The van der Waals surface area contributed by atoms with Crippen molar-refractivity contribution in [3.05, 3.63) is 34.5 Å². The molecule has 1 aliphatic rings. The third-order valence-electron chi connectivity index (χ3n) is 3.54. The lowest BCUT2D eigenvalue weighted by Crippen LogP contribution is -2.23.